The summed E-state index contributed by atoms with van der Waals surface area (Å²) in [7, 11) is -19.6. The number of carbonyl (C=O) groups excluding carboxylic acids is 2. The highest BCUT2D eigenvalue weighted by molar-refractivity contribution is 7.92. The van der Waals surface area contributed by atoms with Gasteiger partial charge in [-0.15, -0.1) is 0 Å². The van der Waals surface area contributed by atoms with Crippen molar-refractivity contribution in [3.63, 3.8) is 0 Å². The molecule has 86 heavy (non-hydrogen) atoms. The molecular formula is C51H48ClF10N7O13P2S2. The summed E-state index contributed by atoms with van der Waals surface area (Å²) in [6.45, 7) is 2.85. The fraction of sp³-hybridized carbons (Fsp3) is 0.392. The number of hydrogen-bond donors (Lipinski definition) is 6. The summed E-state index contributed by atoms with van der Waals surface area (Å²) >= 11 is 6.67. The van der Waals surface area contributed by atoms with E-state index in [1.165, 1.54) is 34.6 Å². The summed E-state index contributed by atoms with van der Waals surface area (Å²) in [4.78, 5) is 71.3. The number of fused-ring (bicyclic) bond motifs is 4. The number of nitrogens with one attached hydrogen (secondary N) is 2. The van der Waals surface area contributed by atoms with Crippen LogP contribution in [0.5, 0.6) is 5.75 Å². The zero-order chi connectivity index (χ0) is 64.2. The monoisotopic (exact) mass is 1320 g/mol. The second-order valence-corrected chi connectivity index (χ2v) is 29.2. The summed E-state index contributed by atoms with van der Waals surface area (Å²) in [6.07, 6.45) is -11.5. The summed E-state index contributed by atoms with van der Waals surface area (Å²) in [5.74, 6) is -8.90. The number of alkyl halides is 8. The molecule has 8 rings (SSSR count). The Labute approximate surface area is 487 Å². The van der Waals surface area contributed by atoms with Gasteiger partial charge in [0.1, 0.15) is 52.4 Å². The Morgan fingerprint density at radius 2 is 1.52 bits per heavy atom. The average molecular weight is 1320 g/mol. The van der Waals surface area contributed by atoms with Crippen LogP contribution in [0.1, 0.15) is 103 Å². The minimum atomic E-state index is -5.47. The van der Waals surface area contributed by atoms with E-state index in [2.05, 4.69) is 32.3 Å². The lowest BCUT2D eigenvalue weighted by atomic mass is 9.78. The zero-order valence-corrected chi connectivity index (χ0v) is 49.4. The third-order valence-electron chi connectivity index (χ3n) is 14.1. The van der Waals surface area contributed by atoms with E-state index in [1.54, 1.807) is 4.72 Å². The van der Waals surface area contributed by atoms with Crippen molar-refractivity contribution in [3.05, 3.63) is 122 Å². The molecule has 3 atom stereocenters. The van der Waals surface area contributed by atoms with Crippen LogP contribution in [0.25, 0.3) is 22.0 Å². The van der Waals surface area contributed by atoms with Gasteiger partial charge in [-0.25, -0.2) is 35.2 Å². The minimum absolute atomic E-state index is 0.0843. The van der Waals surface area contributed by atoms with E-state index in [4.69, 9.17) is 16.1 Å². The minimum Gasteiger partial charge on any atom is -0.404 e. The number of aromatic nitrogens is 5. The van der Waals surface area contributed by atoms with Gasteiger partial charge in [0.15, 0.2) is 15.5 Å². The maximum atomic E-state index is 15.7. The number of nitrogens with zero attached hydrogens (tertiary/aromatic N) is 5. The number of carbonyl (C=O) groups is 2. The van der Waals surface area contributed by atoms with E-state index in [-0.39, 0.29) is 49.3 Å². The van der Waals surface area contributed by atoms with Crippen molar-refractivity contribution in [2.75, 3.05) is 6.26 Å². The van der Waals surface area contributed by atoms with E-state index in [0.29, 0.717) is 12.1 Å². The van der Waals surface area contributed by atoms with E-state index in [1.807, 2.05) is 0 Å². The number of phosphoric ester groups is 1. The summed E-state index contributed by atoms with van der Waals surface area (Å²) < 4.78 is 231. The maximum absolute atomic E-state index is 15.7. The summed E-state index contributed by atoms with van der Waals surface area (Å²) in [5, 5.41) is 8.00. The SMILES string of the molecule is Cc1cc(P(=O)(O)O)cc(OP(=O)(O)O)c1C(C)(C)CC(=O)NS(=O)(=O)Cc1nn(CC(F)(F)F)c2c(-c3ccc(C#CC(C)(C)S(C)(=O)=O)nc3[C@H](Cc3cc(F)cc(F)c3)NC(=O)Cn3nc(C(F)(F)F)c4c3C(F)(F)[C@@H]3C[C@H]43)ccc(Cl)c12. The van der Waals surface area contributed by atoms with Gasteiger partial charge >= 0.3 is 27.8 Å². The van der Waals surface area contributed by atoms with E-state index < -0.39 is 192 Å². The third kappa shape index (κ3) is 14.1. The number of hydrogen-bond acceptors (Lipinski definition) is 12. The number of halogens is 11. The predicted octanol–water partition coefficient (Wildman–Crippen LogP) is 8.19. The molecule has 0 radical (unpaired) electrons. The van der Waals surface area contributed by atoms with Crippen molar-refractivity contribution in [2.45, 2.75) is 113 Å². The van der Waals surface area contributed by atoms with Gasteiger partial charge in [-0.3, -0.25) is 38.0 Å². The Balaban J connectivity index is 1.25. The van der Waals surface area contributed by atoms with Crippen LogP contribution in [0.2, 0.25) is 5.02 Å². The second kappa shape index (κ2) is 22.3. The molecule has 464 valence electrons. The third-order valence-corrected chi connectivity index (χ3v) is 18.9. The van der Waals surface area contributed by atoms with Crippen LogP contribution in [0, 0.1) is 36.3 Å². The van der Waals surface area contributed by atoms with Gasteiger partial charge in [0.2, 0.25) is 21.8 Å². The summed E-state index contributed by atoms with van der Waals surface area (Å²) in [6, 6.07) is 6.09. The number of rotatable bonds is 18. The molecule has 6 aromatic rings. The van der Waals surface area contributed by atoms with Crippen molar-refractivity contribution >= 4 is 74.9 Å². The van der Waals surface area contributed by atoms with E-state index in [0.717, 1.165) is 48.7 Å². The largest absolute Gasteiger partial charge is 0.524 e. The maximum Gasteiger partial charge on any atom is 0.524 e. The van der Waals surface area contributed by atoms with E-state index >= 15 is 8.78 Å². The molecular weight excluding hydrogens is 1270 g/mol. The topological polar surface area (TPSA) is 299 Å². The van der Waals surface area contributed by atoms with E-state index in [9.17, 15) is 90.3 Å². The van der Waals surface area contributed by atoms with Crippen LogP contribution in [0.4, 0.5) is 43.9 Å². The Kier molecular flexibility index (Phi) is 17.0. The molecule has 3 heterocycles. The lowest BCUT2D eigenvalue weighted by Gasteiger charge is -2.29. The molecule has 2 amide bonds. The molecule has 2 aliphatic carbocycles. The molecule has 0 saturated heterocycles. The number of benzene rings is 3. The first-order valence-corrected chi connectivity index (χ1v) is 32.0. The van der Waals surface area contributed by atoms with Gasteiger partial charge < -0.3 is 19.6 Å². The number of sulfonamides is 1. The van der Waals surface area contributed by atoms with Crippen LogP contribution in [0.15, 0.2) is 54.6 Å². The number of amides is 2. The van der Waals surface area contributed by atoms with Gasteiger partial charge in [0, 0.05) is 57.7 Å². The lowest BCUT2D eigenvalue weighted by Crippen LogP contribution is -2.36. The molecule has 0 aliphatic heterocycles. The molecule has 6 N–H and O–H groups in total. The van der Waals surface area contributed by atoms with Gasteiger partial charge in [0.25, 0.3) is 5.92 Å². The zero-order valence-electron chi connectivity index (χ0n) is 45.2. The molecule has 3 aromatic heterocycles. The Morgan fingerprint density at radius 3 is 2.10 bits per heavy atom. The van der Waals surface area contributed by atoms with Gasteiger partial charge in [-0.05, 0) is 99.0 Å². The van der Waals surface area contributed by atoms with Gasteiger partial charge in [0.05, 0.1) is 33.3 Å². The first kappa shape index (κ1) is 65.6. The molecule has 1 fully saturated rings. The van der Waals surface area contributed by atoms with Crippen molar-refractivity contribution in [2.24, 2.45) is 5.92 Å². The smallest absolute Gasteiger partial charge is 0.404 e. The first-order valence-electron chi connectivity index (χ1n) is 25.0. The van der Waals surface area contributed by atoms with Crippen LogP contribution in [-0.4, -0.2) is 89.9 Å². The fourth-order valence-corrected chi connectivity index (χ4v) is 12.9. The Bertz CT molecular complexity index is 4190. The second-order valence-electron chi connectivity index (χ2n) is 21.7. The molecule has 0 bridgehead atoms. The predicted molar refractivity (Wildman–Crippen MR) is 287 cm³/mol. The number of phosphoric acid groups is 1. The molecule has 35 heteroatoms. The normalized spacial score (nSPS) is 16.7. The first-order chi connectivity index (χ1) is 39.2. The van der Waals surface area contributed by atoms with Gasteiger partial charge in [-0.1, -0.05) is 37.4 Å². The standard InChI is InChI=1S/C51H48ClF10N7O13P2S2/c1-24-13-29(83(72,73)74)18-37(82-84(75,76)77)42(24)47(2,3)20-38(70)67-86(80,81)22-36-41-34(52)10-9-31(44(41)69(65-36)23-49(55,56)57)30-8-7-28(11-12-48(4,5)85(6,78)79)63-43(30)35(16-25-14-26(53)17-27(54)15-25)64-39(71)21-68-46-40(45(66-68)51(60,61)62)32-19-33(32)50(46,58)59/h7-10,13-15,17-18,32-33,35H,16,19-23H2,1-6H3,(H,64,71)(H,67,70)(H2,72,73,74)(H2,75,76,77)/t32-,33+,35-/m0/s1. The Hall–Kier alpha value is -6.42. The van der Waals surface area contributed by atoms with Crippen molar-refractivity contribution in [3.8, 4) is 28.7 Å². The molecule has 0 spiro atoms. The number of aryl methyl sites for hydroxylation is 1. The van der Waals surface area contributed by atoms with Crippen molar-refractivity contribution < 1.29 is 104 Å². The Morgan fingerprint density at radius 1 is 0.895 bits per heavy atom. The van der Waals surface area contributed by atoms with Crippen LogP contribution in [-0.2, 0) is 81.4 Å². The highest BCUT2D eigenvalue weighted by Crippen LogP contribution is 2.68. The number of pyridine rings is 1. The quantitative estimate of drug-likeness (QED) is 0.0268. The van der Waals surface area contributed by atoms with Crippen molar-refractivity contribution in [1.82, 2.24) is 34.6 Å². The molecule has 3 aromatic carbocycles. The molecule has 20 nitrogen and oxygen atoms in total. The fourth-order valence-electron chi connectivity index (χ4n) is 10.3. The molecule has 1 saturated carbocycles. The molecule has 2 aliphatic rings. The van der Waals surface area contributed by atoms with Crippen molar-refractivity contribution in [1.29, 1.82) is 0 Å². The van der Waals surface area contributed by atoms with Crippen LogP contribution < -0.4 is 19.9 Å². The van der Waals surface area contributed by atoms with Gasteiger partial charge in [-0.2, -0.15) is 45.3 Å². The van der Waals surface area contributed by atoms with Crippen LogP contribution >= 0.6 is 27.0 Å². The highest BCUT2D eigenvalue weighted by atomic mass is 35.5. The van der Waals surface area contributed by atoms with Crippen LogP contribution in [0.3, 0.4) is 0 Å². The highest BCUT2D eigenvalue weighted by Gasteiger charge is 2.68. The summed E-state index contributed by atoms with van der Waals surface area (Å²) in [5.41, 5.74) is -8.91. The molecule has 0 unspecified atom stereocenters. The lowest BCUT2D eigenvalue weighted by molar-refractivity contribution is -0.143. The number of sulfone groups is 1. The average Bonchev–Trinajstić information content (AvgIpc) is 1.57.